The Balaban J connectivity index is 0.000000224. The lowest BCUT2D eigenvalue weighted by Crippen LogP contribution is -2.25. The van der Waals surface area contributed by atoms with E-state index in [9.17, 15) is 29.4 Å². The fraction of sp³-hybridized carbons (Fsp3) is 0.319. The molecule has 0 spiro atoms. The van der Waals surface area contributed by atoms with Gasteiger partial charge in [-0.3, -0.25) is 18.3 Å². The van der Waals surface area contributed by atoms with Gasteiger partial charge in [0, 0.05) is 13.1 Å². The highest BCUT2D eigenvalue weighted by Crippen LogP contribution is 2.27. The first-order valence-corrected chi connectivity index (χ1v) is 21.0. The lowest BCUT2D eigenvalue weighted by Gasteiger charge is -2.10. The Morgan fingerprint density at radius 3 is 1.29 bits per heavy atom. The van der Waals surface area contributed by atoms with Crippen molar-refractivity contribution in [1.82, 2.24) is 18.3 Å². The summed E-state index contributed by atoms with van der Waals surface area (Å²) in [5, 5.41) is 19.9. The third-order valence-corrected chi connectivity index (χ3v) is 11.2. The molecular weight excluding hydrogens is 787 g/mol. The smallest absolute Gasteiger partial charge is 0.336 e. The number of hydrogen-bond acceptors (Lipinski definition) is 4. The van der Waals surface area contributed by atoms with Gasteiger partial charge in [-0.25, -0.2) is 19.2 Å². The zero-order chi connectivity index (χ0) is 42.6. The first-order chi connectivity index (χ1) is 28.4. The summed E-state index contributed by atoms with van der Waals surface area (Å²) < 4.78 is 6.78. The van der Waals surface area contributed by atoms with E-state index in [0.29, 0.717) is 47.6 Å². The quantitative estimate of drug-likeness (QED) is 0.0941. The Bertz CT molecular complexity index is 2490. The molecule has 0 aliphatic rings. The number of carboxylic acid groups (broad SMARTS) is 2. The van der Waals surface area contributed by atoms with E-state index in [1.807, 2.05) is 74.5 Å². The van der Waals surface area contributed by atoms with E-state index >= 15 is 0 Å². The largest absolute Gasteiger partial charge is 0.478 e. The summed E-state index contributed by atoms with van der Waals surface area (Å²) in [5.41, 5.74) is 7.07. The number of imidazole rings is 2. The van der Waals surface area contributed by atoms with Crippen molar-refractivity contribution in [3.8, 4) is 22.3 Å². The number of carboxylic acids is 2. The van der Waals surface area contributed by atoms with Crippen molar-refractivity contribution >= 4 is 35.1 Å². The predicted molar refractivity (Wildman–Crippen MR) is 236 cm³/mol. The van der Waals surface area contributed by atoms with Crippen LogP contribution in [-0.2, 0) is 39.0 Å². The molecule has 2 heterocycles. The zero-order valence-corrected chi connectivity index (χ0v) is 35.6. The highest BCUT2D eigenvalue weighted by Gasteiger charge is 2.20. The van der Waals surface area contributed by atoms with Crippen LogP contribution in [0.4, 0.5) is 0 Å². The van der Waals surface area contributed by atoms with E-state index in [1.54, 1.807) is 54.7 Å². The van der Waals surface area contributed by atoms with Gasteiger partial charge in [-0.15, -0.1) is 0 Å². The maximum absolute atomic E-state index is 13.0. The molecule has 0 bridgehead atoms. The van der Waals surface area contributed by atoms with E-state index in [-0.39, 0.29) is 22.5 Å². The van der Waals surface area contributed by atoms with Gasteiger partial charge in [0.05, 0.1) is 35.6 Å². The van der Waals surface area contributed by atoms with Gasteiger partial charge in [-0.2, -0.15) is 0 Å². The van der Waals surface area contributed by atoms with Crippen molar-refractivity contribution in [2.24, 2.45) is 0 Å². The summed E-state index contributed by atoms with van der Waals surface area (Å²) >= 11 is 13.0. The molecule has 2 aromatic heterocycles. The molecule has 10 nitrogen and oxygen atoms in total. The number of nitrogens with zero attached hydrogens (tertiary/aromatic N) is 4. The molecule has 0 fully saturated rings. The molecular formula is C47H52Cl2N4O6. The first kappa shape index (κ1) is 44.5. The SMILES string of the molecule is CCCCc1c(Cl)n(CC)c(=O)n1Cc1ccc(-c2ccccc2C(=O)O)cc1.CCCCc1c(Cl)n(CCC)c(=O)n1Cc1ccc(-c2ccccc2C(=O)O)cc1. The molecule has 2 N–H and O–H groups in total. The van der Waals surface area contributed by atoms with Crippen molar-refractivity contribution < 1.29 is 19.8 Å². The number of carbonyl (C=O) groups is 2. The lowest BCUT2D eigenvalue weighted by atomic mass is 9.99. The van der Waals surface area contributed by atoms with E-state index in [1.165, 1.54) is 0 Å². The number of benzene rings is 4. The van der Waals surface area contributed by atoms with Crippen LogP contribution >= 0.6 is 23.2 Å². The second-order valence-corrected chi connectivity index (χ2v) is 15.1. The van der Waals surface area contributed by atoms with Crippen molar-refractivity contribution in [2.45, 2.75) is 98.8 Å². The number of rotatable bonds is 17. The second kappa shape index (κ2) is 20.9. The maximum atomic E-state index is 13.0. The van der Waals surface area contributed by atoms with E-state index < -0.39 is 11.9 Å². The van der Waals surface area contributed by atoms with Gasteiger partial charge in [-0.1, -0.05) is 142 Å². The molecule has 310 valence electrons. The van der Waals surface area contributed by atoms with Crippen LogP contribution in [0.1, 0.15) is 103 Å². The van der Waals surface area contributed by atoms with Crippen LogP contribution in [0.5, 0.6) is 0 Å². The summed E-state index contributed by atoms with van der Waals surface area (Å²) in [5.74, 6) is -1.90. The Morgan fingerprint density at radius 1 is 0.525 bits per heavy atom. The van der Waals surface area contributed by atoms with Gasteiger partial charge in [-0.05, 0) is 84.5 Å². The van der Waals surface area contributed by atoms with Crippen LogP contribution in [0.15, 0.2) is 107 Å². The van der Waals surface area contributed by atoms with Crippen LogP contribution < -0.4 is 11.4 Å². The number of aromatic nitrogens is 4. The monoisotopic (exact) mass is 838 g/mol. The molecule has 0 amide bonds. The normalized spacial score (nSPS) is 11.0. The Morgan fingerprint density at radius 2 is 0.915 bits per heavy atom. The molecule has 0 saturated heterocycles. The van der Waals surface area contributed by atoms with Crippen LogP contribution in [0.2, 0.25) is 10.3 Å². The molecule has 0 aliphatic heterocycles. The van der Waals surface area contributed by atoms with Gasteiger partial charge >= 0.3 is 23.3 Å². The molecule has 6 rings (SSSR count). The van der Waals surface area contributed by atoms with Crippen molar-refractivity contribution in [3.05, 3.63) is 162 Å². The molecule has 0 saturated carbocycles. The molecule has 0 atom stereocenters. The van der Waals surface area contributed by atoms with Gasteiger partial charge in [0.25, 0.3) is 0 Å². The van der Waals surface area contributed by atoms with E-state index in [2.05, 4.69) is 13.8 Å². The van der Waals surface area contributed by atoms with Crippen LogP contribution in [0.25, 0.3) is 22.3 Å². The van der Waals surface area contributed by atoms with Crippen LogP contribution in [0.3, 0.4) is 0 Å². The number of aromatic carboxylic acids is 2. The number of hydrogen-bond donors (Lipinski definition) is 2. The molecule has 6 aromatic rings. The molecule has 12 heteroatoms. The van der Waals surface area contributed by atoms with Gasteiger partial charge in [0.15, 0.2) is 0 Å². The summed E-state index contributed by atoms with van der Waals surface area (Å²) in [6.07, 6.45) is 6.38. The van der Waals surface area contributed by atoms with Crippen molar-refractivity contribution in [2.75, 3.05) is 0 Å². The van der Waals surface area contributed by atoms with E-state index in [4.69, 9.17) is 23.2 Å². The van der Waals surface area contributed by atoms with Crippen molar-refractivity contribution in [1.29, 1.82) is 0 Å². The van der Waals surface area contributed by atoms with Crippen molar-refractivity contribution in [3.63, 3.8) is 0 Å². The Hall–Kier alpha value is -5.58. The lowest BCUT2D eigenvalue weighted by molar-refractivity contribution is 0.0687. The highest BCUT2D eigenvalue weighted by molar-refractivity contribution is 6.30. The summed E-state index contributed by atoms with van der Waals surface area (Å²) in [6, 6.07) is 29.2. The topological polar surface area (TPSA) is 128 Å². The third kappa shape index (κ3) is 10.4. The fourth-order valence-corrected chi connectivity index (χ4v) is 7.94. The van der Waals surface area contributed by atoms with Crippen LogP contribution in [0, 0.1) is 0 Å². The maximum Gasteiger partial charge on any atom is 0.336 e. The molecule has 4 aromatic carbocycles. The third-order valence-electron chi connectivity index (χ3n) is 10.3. The summed E-state index contributed by atoms with van der Waals surface area (Å²) in [7, 11) is 0. The van der Waals surface area contributed by atoms with Gasteiger partial charge in [0.1, 0.15) is 10.3 Å². The molecule has 0 radical (unpaired) electrons. The highest BCUT2D eigenvalue weighted by atomic mass is 35.5. The molecule has 0 unspecified atom stereocenters. The minimum Gasteiger partial charge on any atom is -0.478 e. The second-order valence-electron chi connectivity index (χ2n) is 14.4. The first-order valence-electron chi connectivity index (χ1n) is 20.2. The van der Waals surface area contributed by atoms with E-state index in [0.717, 1.165) is 78.6 Å². The number of unbranched alkanes of at least 4 members (excludes halogenated alkanes) is 2. The van der Waals surface area contributed by atoms with Crippen LogP contribution in [-0.4, -0.2) is 40.4 Å². The standard InChI is InChI=1S/C24H27ClN2O3.C23H25ClN2O3/c1-3-5-10-21-22(25)26(15-4-2)24(30)27(21)16-17-11-13-18(14-12-17)19-8-6-7-9-20(19)23(28)29;1-3-5-10-20-21(24)25(4-2)23(29)26(20)15-16-11-13-17(14-12-16)18-8-6-7-9-19(18)22(27)28/h6-9,11-14H,3-5,10,15-16H2,1-2H3,(H,28,29);6-9,11-14H,3-5,10,15H2,1-2H3,(H,27,28). The average Bonchev–Trinajstić information content (AvgIpc) is 3.60. The zero-order valence-electron chi connectivity index (χ0n) is 34.1. The fourth-order valence-electron chi connectivity index (χ4n) is 7.19. The minimum absolute atomic E-state index is 0.0757. The van der Waals surface area contributed by atoms with Gasteiger partial charge < -0.3 is 10.2 Å². The Labute approximate surface area is 354 Å². The summed E-state index contributed by atoms with van der Waals surface area (Å²) in [6.45, 7) is 10.2. The van der Waals surface area contributed by atoms with Gasteiger partial charge in [0.2, 0.25) is 0 Å². The minimum atomic E-state index is -0.952. The number of halogens is 2. The molecule has 59 heavy (non-hydrogen) atoms. The Kier molecular flexibility index (Phi) is 15.8. The molecule has 0 aliphatic carbocycles. The predicted octanol–water partition coefficient (Wildman–Crippen LogP) is 10.5. The average molecular weight is 840 g/mol. The summed E-state index contributed by atoms with van der Waals surface area (Å²) in [4.78, 5) is 48.7.